The Bertz CT molecular complexity index is 473. The third-order valence-electron chi connectivity index (χ3n) is 2.94. The van der Waals surface area contributed by atoms with Crippen LogP contribution >= 0.6 is 11.8 Å². The van der Waals surface area contributed by atoms with Gasteiger partial charge in [-0.25, -0.2) is 0 Å². The molecular formula is C13H17NO3S. The molecule has 1 aliphatic rings. The van der Waals surface area contributed by atoms with E-state index in [1.807, 2.05) is 11.8 Å². The summed E-state index contributed by atoms with van der Waals surface area (Å²) in [5.74, 6) is 0.356. The third kappa shape index (κ3) is 2.72. The number of aromatic hydroxyl groups is 2. The van der Waals surface area contributed by atoms with Crippen molar-refractivity contribution in [2.24, 2.45) is 0 Å². The SMILES string of the molecule is CC1(C)CN(C(=O)c2ccc(O)c(O)c2)CCS1. The average molecular weight is 267 g/mol. The summed E-state index contributed by atoms with van der Waals surface area (Å²) < 4.78 is 0.0624. The van der Waals surface area contributed by atoms with Gasteiger partial charge in [0.25, 0.3) is 5.91 Å². The number of hydrogen-bond donors (Lipinski definition) is 2. The first-order valence-corrected chi connectivity index (χ1v) is 6.83. The largest absolute Gasteiger partial charge is 0.504 e. The number of phenolic OH excluding ortho intramolecular Hbond substituents is 2. The molecule has 1 aromatic carbocycles. The highest BCUT2D eigenvalue weighted by Gasteiger charge is 2.30. The van der Waals surface area contributed by atoms with Gasteiger partial charge in [0.15, 0.2) is 11.5 Å². The van der Waals surface area contributed by atoms with Gasteiger partial charge in [0.2, 0.25) is 0 Å². The van der Waals surface area contributed by atoms with Crippen LogP contribution in [0.15, 0.2) is 18.2 Å². The summed E-state index contributed by atoms with van der Waals surface area (Å²) >= 11 is 1.86. The molecule has 2 N–H and O–H groups in total. The molecule has 0 bridgehead atoms. The maximum absolute atomic E-state index is 12.3. The van der Waals surface area contributed by atoms with Crippen molar-refractivity contribution >= 4 is 17.7 Å². The summed E-state index contributed by atoms with van der Waals surface area (Å²) in [6.45, 7) is 5.64. The molecule has 0 spiro atoms. The quantitative estimate of drug-likeness (QED) is 0.765. The summed E-state index contributed by atoms with van der Waals surface area (Å²) in [6, 6.07) is 4.19. The van der Waals surface area contributed by atoms with Crippen LogP contribution in [-0.4, -0.2) is 44.6 Å². The fourth-order valence-electron chi connectivity index (χ4n) is 2.03. The maximum atomic E-state index is 12.3. The summed E-state index contributed by atoms with van der Waals surface area (Å²) in [7, 11) is 0. The smallest absolute Gasteiger partial charge is 0.254 e. The standard InChI is InChI=1S/C13H17NO3S/c1-13(2)8-14(5-6-18-13)12(17)9-3-4-10(15)11(16)7-9/h3-4,7,15-16H,5-6,8H2,1-2H3. The van der Waals surface area contributed by atoms with E-state index in [4.69, 9.17) is 0 Å². The Morgan fingerprint density at radius 2 is 2.06 bits per heavy atom. The van der Waals surface area contributed by atoms with Crippen LogP contribution in [-0.2, 0) is 0 Å². The zero-order chi connectivity index (χ0) is 13.3. The molecule has 0 aliphatic carbocycles. The number of phenols is 2. The van der Waals surface area contributed by atoms with Crippen LogP contribution in [0.2, 0.25) is 0 Å². The number of carbonyl (C=O) groups excluding carboxylic acids is 1. The molecule has 1 fully saturated rings. The molecule has 4 nitrogen and oxygen atoms in total. The zero-order valence-electron chi connectivity index (χ0n) is 10.5. The number of hydrogen-bond acceptors (Lipinski definition) is 4. The van der Waals surface area contributed by atoms with E-state index in [1.54, 1.807) is 4.90 Å². The third-order valence-corrected chi connectivity index (χ3v) is 4.23. The van der Waals surface area contributed by atoms with E-state index in [2.05, 4.69) is 13.8 Å². The van der Waals surface area contributed by atoms with Crippen molar-refractivity contribution in [3.63, 3.8) is 0 Å². The Hall–Kier alpha value is -1.36. The maximum Gasteiger partial charge on any atom is 0.254 e. The van der Waals surface area contributed by atoms with Gasteiger partial charge >= 0.3 is 0 Å². The molecule has 0 radical (unpaired) electrons. The average Bonchev–Trinajstić information content (AvgIpc) is 2.30. The van der Waals surface area contributed by atoms with Crippen molar-refractivity contribution < 1.29 is 15.0 Å². The number of nitrogens with zero attached hydrogens (tertiary/aromatic N) is 1. The van der Waals surface area contributed by atoms with Crippen LogP contribution in [0.4, 0.5) is 0 Å². The van der Waals surface area contributed by atoms with Crippen molar-refractivity contribution in [1.82, 2.24) is 4.90 Å². The molecule has 0 atom stereocenters. The summed E-state index contributed by atoms with van der Waals surface area (Å²) in [4.78, 5) is 14.1. The van der Waals surface area contributed by atoms with E-state index >= 15 is 0 Å². The fraction of sp³-hybridized carbons (Fsp3) is 0.462. The predicted octanol–water partition coefficient (Wildman–Crippen LogP) is 2.07. The second-order valence-electron chi connectivity index (χ2n) is 5.04. The summed E-state index contributed by atoms with van der Waals surface area (Å²) in [6.07, 6.45) is 0. The van der Waals surface area contributed by atoms with E-state index in [0.717, 1.165) is 5.75 Å². The lowest BCUT2D eigenvalue weighted by Crippen LogP contribution is -2.46. The number of benzene rings is 1. The molecule has 1 saturated heterocycles. The fourth-order valence-corrected chi connectivity index (χ4v) is 3.14. The summed E-state index contributed by atoms with van der Waals surface area (Å²) in [5.41, 5.74) is 0.410. The lowest BCUT2D eigenvalue weighted by Gasteiger charge is -2.37. The molecule has 1 amide bonds. The molecule has 0 aromatic heterocycles. The summed E-state index contributed by atoms with van der Waals surface area (Å²) in [5, 5.41) is 18.7. The monoisotopic (exact) mass is 267 g/mol. The van der Waals surface area contributed by atoms with Crippen molar-refractivity contribution in [3.05, 3.63) is 23.8 Å². The molecule has 98 valence electrons. The van der Waals surface area contributed by atoms with Gasteiger partial charge in [-0.05, 0) is 32.0 Å². The first kappa shape index (κ1) is 13.1. The highest BCUT2D eigenvalue weighted by atomic mass is 32.2. The molecule has 1 aliphatic heterocycles. The van der Waals surface area contributed by atoms with E-state index in [0.29, 0.717) is 18.7 Å². The molecule has 1 heterocycles. The van der Waals surface area contributed by atoms with Crippen LogP contribution in [0.3, 0.4) is 0 Å². The van der Waals surface area contributed by atoms with Crippen molar-refractivity contribution in [2.45, 2.75) is 18.6 Å². The van der Waals surface area contributed by atoms with Gasteiger partial charge in [-0.15, -0.1) is 0 Å². The van der Waals surface area contributed by atoms with Crippen LogP contribution < -0.4 is 0 Å². The van der Waals surface area contributed by atoms with Gasteiger partial charge in [0.1, 0.15) is 0 Å². The first-order valence-electron chi connectivity index (χ1n) is 5.84. The molecule has 5 heteroatoms. The number of rotatable bonds is 1. The lowest BCUT2D eigenvalue weighted by atomic mass is 10.1. The van der Waals surface area contributed by atoms with Gasteiger partial charge in [-0.1, -0.05) is 0 Å². The van der Waals surface area contributed by atoms with Gasteiger partial charge in [0.05, 0.1) is 0 Å². The van der Waals surface area contributed by atoms with E-state index < -0.39 is 0 Å². The van der Waals surface area contributed by atoms with E-state index in [9.17, 15) is 15.0 Å². The Balaban J connectivity index is 2.18. The van der Waals surface area contributed by atoms with Gasteiger partial charge in [-0.3, -0.25) is 4.79 Å². The molecule has 18 heavy (non-hydrogen) atoms. The zero-order valence-corrected chi connectivity index (χ0v) is 11.3. The minimum Gasteiger partial charge on any atom is -0.504 e. The highest BCUT2D eigenvalue weighted by Crippen LogP contribution is 2.31. The minimum atomic E-state index is -0.258. The Morgan fingerprint density at radius 1 is 1.33 bits per heavy atom. The highest BCUT2D eigenvalue weighted by molar-refractivity contribution is 8.00. The van der Waals surface area contributed by atoms with Gasteiger partial charge < -0.3 is 15.1 Å². The van der Waals surface area contributed by atoms with Crippen LogP contribution in [0, 0.1) is 0 Å². The second kappa shape index (κ2) is 4.72. The van der Waals surface area contributed by atoms with Crippen molar-refractivity contribution in [2.75, 3.05) is 18.8 Å². The Kier molecular flexibility index (Phi) is 3.43. The normalized spacial score (nSPS) is 18.7. The van der Waals surface area contributed by atoms with Crippen LogP contribution in [0.5, 0.6) is 11.5 Å². The molecule has 2 rings (SSSR count). The molecular weight excluding hydrogens is 250 g/mol. The van der Waals surface area contributed by atoms with Gasteiger partial charge in [-0.2, -0.15) is 11.8 Å². The van der Waals surface area contributed by atoms with Crippen LogP contribution in [0.25, 0.3) is 0 Å². The molecule has 1 aromatic rings. The number of thioether (sulfide) groups is 1. The number of carbonyl (C=O) groups is 1. The Morgan fingerprint density at radius 3 is 2.67 bits per heavy atom. The van der Waals surface area contributed by atoms with Gasteiger partial charge in [0, 0.05) is 29.2 Å². The van der Waals surface area contributed by atoms with E-state index in [-0.39, 0.29) is 22.2 Å². The minimum absolute atomic E-state index is 0.0624. The number of amides is 1. The first-order chi connectivity index (χ1) is 8.39. The Labute approximate surface area is 111 Å². The topological polar surface area (TPSA) is 60.8 Å². The lowest BCUT2D eigenvalue weighted by molar-refractivity contribution is 0.0747. The molecule has 0 saturated carbocycles. The van der Waals surface area contributed by atoms with E-state index in [1.165, 1.54) is 18.2 Å². The van der Waals surface area contributed by atoms with Crippen molar-refractivity contribution in [1.29, 1.82) is 0 Å². The molecule has 0 unspecified atom stereocenters. The predicted molar refractivity (Wildman–Crippen MR) is 72.2 cm³/mol. The van der Waals surface area contributed by atoms with Crippen molar-refractivity contribution in [3.8, 4) is 11.5 Å². The van der Waals surface area contributed by atoms with Crippen LogP contribution in [0.1, 0.15) is 24.2 Å². The second-order valence-corrected chi connectivity index (χ2v) is 6.84.